The van der Waals surface area contributed by atoms with Crippen molar-refractivity contribution in [1.29, 1.82) is 0 Å². The SMILES string of the molecule is CNC(=O)c1ccc2c(O)c(C(C)=O)c(O)nc2c1. The Morgan fingerprint density at radius 2 is 1.95 bits per heavy atom. The number of aromatic hydroxyl groups is 2. The number of nitrogens with one attached hydrogen (secondary N) is 1. The van der Waals surface area contributed by atoms with Gasteiger partial charge in [-0.2, -0.15) is 0 Å². The Hall–Kier alpha value is -2.63. The molecule has 0 unspecified atom stereocenters. The highest BCUT2D eigenvalue weighted by molar-refractivity contribution is 6.05. The molecule has 0 aliphatic carbocycles. The first-order valence-corrected chi connectivity index (χ1v) is 5.54. The zero-order valence-corrected chi connectivity index (χ0v) is 10.4. The van der Waals surface area contributed by atoms with E-state index >= 15 is 0 Å². The van der Waals surface area contributed by atoms with E-state index in [4.69, 9.17) is 0 Å². The smallest absolute Gasteiger partial charge is 0.251 e. The molecule has 6 nitrogen and oxygen atoms in total. The van der Waals surface area contributed by atoms with Crippen LogP contribution >= 0.6 is 0 Å². The van der Waals surface area contributed by atoms with Gasteiger partial charge in [-0.3, -0.25) is 9.59 Å². The van der Waals surface area contributed by atoms with Gasteiger partial charge in [0.15, 0.2) is 5.78 Å². The monoisotopic (exact) mass is 260 g/mol. The van der Waals surface area contributed by atoms with Gasteiger partial charge in [0, 0.05) is 18.0 Å². The van der Waals surface area contributed by atoms with Crippen LogP contribution in [-0.2, 0) is 0 Å². The predicted octanol–water partition coefficient (Wildman–Crippen LogP) is 1.21. The van der Waals surface area contributed by atoms with E-state index < -0.39 is 11.7 Å². The Kier molecular flexibility index (Phi) is 3.08. The van der Waals surface area contributed by atoms with Crippen LogP contribution < -0.4 is 5.32 Å². The number of amides is 1. The zero-order valence-electron chi connectivity index (χ0n) is 10.4. The van der Waals surface area contributed by atoms with E-state index in [2.05, 4.69) is 10.3 Å². The number of nitrogens with zero attached hydrogens (tertiary/aromatic N) is 1. The van der Waals surface area contributed by atoms with Gasteiger partial charge in [0.2, 0.25) is 5.88 Å². The molecule has 1 heterocycles. The molecule has 0 aliphatic heterocycles. The molecule has 0 bridgehead atoms. The summed E-state index contributed by atoms with van der Waals surface area (Å²) in [7, 11) is 1.49. The molecule has 1 aromatic carbocycles. The van der Waals surface area contributed by atoms with Gasteiger partial charge in [0.05, 0.1) is 5.52 Å². The molecule has 3 N–H and O–H groups in total. The van der Waals surface area contributed by atoms with E-state index in [0.717, 1.165) is 0 Å². The van der Waals surface area contributed by atoms with Crippen LogP contribution in [0.1, 0.15) is 27.6 Å². The van der Waals surface area contributed by atoms with Gasteiger partial charge in [-0.1, -0.05) is 0 Å². The molecule has 0 spiro atoms. The Labute approximate surface area is 108 Å². The van der Waals surface area contributed by atoms with Crippen molar-refractivity contribution in [3.63, 3.8) is 0 Å². The van der Waals surface area contributed by atoms with E-state index in [0.29, 0.717) is 10.9 Å². The molecule has 2 rings (SSSR count). The van der Waals surface area contributed by atoms with Gasteiger partial charge in [-0.15, -0.1) is 0 Å². The molecule has 0 aliphatic rings. The van der Waals surface area contributed by atoms with E-state index in [1.165, 1.54) is 32.2 Å². The summed E-state index contributed by atoms with van der Waals surface area (Å²) >= 11 is 0. The maximum Gasteiger partial charge on any atom is 0.251 e. The standard InChI is InChI=1S/C13H12N2O4/c1-6(16)10-11(17)8-4-3-7(12(18)14-2)5-9(8)15-13(10)19/h3-5H,1-2H3,(H,14,18)(H2,15,17,19). The van der Waals surface area contributed by atoms with Gasteiger partial charge in [0.1, 0.15) is 11.3 Å². The lowest BCUT2D eigenvalue weighted by Gasteiger charge is -2.08. The van der Waals surface area contributed by atoms with E-state index in [-0.39, 0.29) is 22.7 Å². The molecule has 0 radical (unpaired) electrons. The second-order valence-corrected chi connectivity index (χ2v) is 4.03. The van der Waals surface area contributed by atoms with Gasteiger partial charge < -0.3 is 15.5 Å². The van der Waals surface area contributed by atoms with Crippen LogP contribution in [0.15, 0.2) is 18.2 Å². The molecular weight excluding hydrogens is 248 g/mol. The number of rotatable bonds is 2. The average Bonchev–Trinajstić information content (AvgIpc) is 2.36. The number of hydrogen-bond acceptors (Lipinski definition) is 5. The zero-order chi connectivity index (χ0) is 14.2. The maximum absolute atomic E-state index is 11.5. The number of pyridine rings is 1. The molecule has 0 saturated carbocycles. The second kappa shape index (κ2) is 4.56. The van der Waals surface area contributed by atoms with Crippen molar-refractivity contribution in [2.24, 2.45) is 0 Å². The summed E-state index contributed by atoms with van der Waals surface area (Å²) in [5, 5.41) is 22.4. The van der Waals surface area contributed by atoms with Crippen molar-refractivity contribution >= 4 is 22.6 Å². The number of carbonyl (C=O) groups excluding carboxylic acids is 2. The molecule has 1 aromatic heterocycles. The number of fused-ring (bicyclic) bond motifs is 1. The first-order chi connectivity index (χ1) is 8.95. The molecule has 0 saturated heterocycles. The Morgan fingerprint density at radius 1 is 1.26 bits per heavy atom. The topological polar surface area (TPSA) is 99.5 Å². The highest BCUT2D eigenvalue weighted by atomic mass is 16.3. The van der Waals surface area contributed by atoms with Crippen LogP contribution in [0.3, 0.4) is 0 Å². The molecule has 1 amide bonds. The van der Waals surface area contributed by atoms with Crippen molar-refractivity contribution in [3.8, 4) is 11.6 Å². The summed E-state index contributed by atoms with van der Waals surface area (Å²) < 4.78 is 0. The molecule has 6 heteroatoms. The fourth-order valence-electron chi connectivity index (χ4n) is 1.84. The summed E-state index contributed by atoms with van der Waals surface area (Å²) in [6, 6.07) is 4.41. The van der Waals surface area contributed by atoms with Crippen LogP contribution in [-0.4, -0.2) is 33.9 Å². The van der Waals surface area contributed by atoms with Crippen molar-refractivity contribution < 1.29 is 19.8 Å². The number of hydrogen-bond donors (Lipinski definition) is 3. The number of ketones is 1. The first kappa shape index (κ1) is 12.8. The third kappa shape index (κ3) is 2.08. The van der Waals surface area contributed by atoms with Crippen molar-refractivity contribution in [3.05, 3.63) is 29.3 Å². The Morgan fingerprint density at radius 3 is 2.53 bits per heavy atom. The molecule has 19 heavy (non-hydrogen) atoms. The summed E-state index contributed by atoms with van der Waals surface area (Å²) in [6.07, 6.45) is 0. The molecule has 0 fully saturated rings. The highest BCUT2D eigenvalue weighted by Gasteiger charge is 2.18. The van der Waals surface area contributed by atoms with Crippen LogP contribution in [0.25, 0.3) is 10.9 Å². The summed E-state index contributed by atoms with van der Waals surface area (Å²) in [4.78, 5) is 26.6. The molecule has 2 aromatic rings. The van der Waals surface area contributed by atoms with Crippen LogP contribution in [0.5, 0.6) is 11.6 Å². The third-order valence-corrected chi connectivity index (χ3v) is 2.78. The van der Waals surface area contributed by atoms with Gasteiger partial charge in [-0.05, 0) is 25.1 Å². The maximum atomic E-state index is 11.5. The van der Waals surface area contributed by atoms with Gasteiger partial charge in [0.25, 0.3) is 5.91 Å². The second-order valence-electron chi connectivity index (χ2n) is 4.03. The minimum atomic E-state index is -0.549. The lowest BCUT2D eigenvalue weighted by Crippen LogP contribution is -2.17. The quantitative estimate of drug-likeness (QED) is 0.705. The number of benzene rings is 1. The number of aromatic nitrogens is 1. The summed E-state index contributed by atoms with van der Waals surface area (Å²) in [5.74, 6) is -1.68. The van der Waals surface area contributed by atoms with Crippen molar-refractivity contribution in [2.45, 2.75) is 6.92 Å². The Bertz CT molecular complexity index is 695. The minimum absolute atomic E-state index is 0.222. The summed E-state index contributed by atoms with van der Waals surface area (Å²) in [5.41, 5.74) is 0.359. The third-order valence-electron chi connectivity index (χ3n) is 2.78. The highest BCUT2D eigenvalue weighted by Crippen LogP contribution is 2.33. The first-order valence-electron chi connectivity index (χ1n) is 5.54. The van der Waals surface area contributed by atoms with Crippen molar-refractivity contribution in [1.82, 2.24) is 10.3 Å². The summed E-state index contributed by atoms with van der Waals surface area (Å²) in [6.45, 7) is 1.22. The number of carbonyl (C=O) groups is 2. The van der Waals surface area contributed by atoms with Gasteiger partial charge in [-0.25, -0.2) is 4.98 Å². The molecule has 0 atom stereocenters. The van der Waals surface area contributed by atoms with Crippen LogP contribution in [0.4, 0.5) is 0 Å². The number of Topliss-reactive ketones (excluding diaryl/α,β-unsaturated/α-hetero) is 1. The molecular formula is C13H12N2O4. The largest absolute Gasteiger partial charge is 0.506 e. The Balaban J connectivity index is 2.74. The minimum Gasteiger partial charge on any atom is -0.506 e. The predicted molar refractivity (Wildman–Crippen MR) is 68.5 cm³/mol. The lowest BCUT2D eigenvalue weighted by atomic mass is 10.1. The van der Waals surface area contributed by atoms with E-state index in [9.17, 15) is 19.8 Å². The normalized spacial score (nSPS) is 10.4. The van der Waals surface area contributed by atoms with Crippen LogP contribution in [0.2, 0.25) is 0 Å². The van der Waals surface area contributed by atoms with Crippen molar-refractivity contribution in [2.75, 3.05) is 7.05 Å². The average molecular weight is 260 g/mol. The van der Waals surface area contributed by atoms with E-state index in [1.807, 2.05) is 0 Å². The fraction of sp³-hybridized carbons (Fsp3) is 0.154. The fourth-order valence-corrected chi connectivity index (χ4v) is 1.84. The van der Waals surface area contributed by atoms with Gasteiger partial charge >= 0.3 is 0 Å². The lowest BCUT2D eigenvalue weighted by molar-refractivity contribution is 0.0961. The van der Waals surface area contributed by atoms with E-state index in [1.54, 1.807) is 0 Å². The molecule has 98 valence electrons. The van der Waals surface area contributed by atoms with Crippen LogP contribution in [0, 0.1) is 0 Å².